The Kier molecular flexibility index (Phi) is 6.82. The number of carbonyl (C=O) groups excluding carboxylic acids is 1. The van der Waals surface area contributed by atoms with Gasteiger partial charge in [-0.3, -0.25) is 4.79 Å². The normalized spacial score (nSPS) is 10.2. The minimum absolute atomic E-state index is 0.109. The molecule has 3 nitrogen and oxygen atoms in total. The number of alkyl halides is 2. The highest BCUT2D eigenvalue weighted by Crippen LogP contribution is 2.23. The van der Waals surface area contributed by atoms with E-state index in [1.165, 1.54) is 0 Å². The number of rotatable bonds is 6. The van der Waals surface area contributed by atoms with E-state index in [0.29, 0.717) is 36.2 Å². The highest BCUT2D eigenvalue weighted by molar-refractivity contribution is 9.10. The predicted molar refractivity (Wildman–Crippen MR) is 78.0 cm³/mol. The number of amides is 1. The Hall–Kier alpha value is -0.450. The van der Waals surface area contributed by atoms with Crippen LogP contribution in [0.25, 0.3) is 0 Å². The van der Waals surface area contributed by atoms with Crippen molar-refractivity contribution in [1.82, 2.24) is 4.90 Å². The summed E-state index contributed by atoms with van der Waals surface area (Å²) in [6.07, 6.45) is 0. The number of benzene rings is 1. The van der Waals surface area contributed by atoms with E-state index in [0.717, 1.165) is 4.47 Å². The van der Waals surface area contributed by atoms with Crippen LogP contribution in [0.5, 0.6) is 5.75 Å². The number of hydrogen-bond donors (Lipinski definition) is 0. The van der Waals surface area contributed by atoms with Crippen LogP contribution in [-0.4, -0.2) is 42.8 Å². The van der Waals surface area contributed by atoms with E-state index in [4.69, 9.17) is 27.9 Å². The van der Waals surface area contributed by atoms with Crippen molar-refractivity contribution in [1.29, 1.82) is 0 Å². The molecule has 0 aliphatic rings. The number of methoxy groups -OCH3 is 1. The molecule has 0 radical (unpaired) electrons. The number of carbonyl (C=O) groups is 1. The van der Waals surface area contributed by atoms with E-state index in [-0.39, 0.29) is 5.91 Å². The van der Waals surface area contributed by atoms with Gasteiger partial charge in [0.2, 0.25) is 0 Å². The fraction of sp³-hybridized carbons (Fsp3) is 0.417. The summed E-state index contributed by atoms with van der Waals surface area (Å²) in [5.74, 6) is 1.29. The molecule has 1 rings (SSSR count). The van der Waals surface area contributed by atoms with Crippen LogP contribution in [0, 0.1) is 0 Å². The molecule has 0 N–H and O–H groups in total. The van der Waals surface area contributed by atoms with Gasteiger partial charge in [0.05, 0.1) is 12.7 Å². The topological polar surface area (TPSA) is 29.5 Å². The lowest BCUT2D eigenvalue weighted by Crippen LogP contribution is -2.34. The lowest BCUT2D eigenvalue weighted by Gasteiger charge is -2.21. The van der Waals surface area contributed by atoms with Crippen LogP contribution in [0.4, 0.5) is 0 Å². The van der Waals surface area contributed by atoms with Crippen LogP contribution in [0.3, 0.4) is 0 Å². The second-order valence-corrected chi connectivity index (χ2v) is 5.13. The summed E-state index contributed by atoms with van der Waals surface area (Å²) in [5, 5.41) is 0. The third-order valence-electron chi connectivity index (χ3n) is 2.40. The Morgan fingerprint density at radius 2 is 1.94 bits per heavy atom. The minimum Gasteiger partial charge on any atom is -0.497 e. The molecule has 0 fully saturated rings. The third-order valence-corrected chi connectivity index (χ3v) is 3.43. The highest BCUT2D eigenvalue weighted by atomic mass is 79.9. The van der Waals surface area contributed by atoms with Gasteiger partial charge in [-0.15, -0.1) is 23.2 Å². The molecule has 0 saturated carbocycles. The van der Waals surface area contributed by atoms with Crippen molar-refractivity contribution >= 4 is 45.0 Å². The minimum atomic E-state index is -0.109. The summed E-state index contributed by atoms with van der Waals surface area (Å²) in [6.45, 7) is 0.938. The summed E-state index contributed by atoms with van der Waals surface area (Å²) in [4.78, 5) is 14.0. The van der Waals surface area contributed by atoms with Gasteiger partial charge in [0.25, 0.3) is 5.91 Å². The molecular weight excluding hydrogens is 341 g/mol. The largest absolute Gasteiger partial charge is 0.497 e. The maximum atomic E-state index is 12.3. The van der Waals surface area contributed by atoms with E-state index < -0.39 is 0 Å². The second kappa shape index (κ2) is 7.87. The maximum Gasteiger partial charge on any atom is 0.255 e. The van der Waals surface area contributed by atoms with Gasteiger partial charge in [-0.1, -0.05) is 0 Å². The fourth-order valence-electron chi connectivity index (χ4n) is 1.48. The third kappa shape index (κ3) is 4.04. The first-order valence-corrected chi connectivity index (χ1v) is 7.25. The van der Waals surface area contributed by atoms with Gasteiger partial charge in [-0.05, 0) is 34.1 Å². The average Bonchev–Trinajstić information content (AvgIpc) is 2.38. The van der Waals surface area contributed by atoms with E-state index in [9.17, 15) is 4.79 Å². The van der Waals surface area contributed by atoms with Crippen molar-refractivity contribution < 1.29 is 9.53 Å². The van der Waals surface area contributed by atoms with Gasteiger partial charge in [0.1, 0.15) is 5.75 Å². The van der Waals surface area contributed by atoms with Crippen LogP contribution < -0.4 is 4.74 Å². The van der Waals surface area contributed by atoms with E-state index >= 15 is 0 Å². The van der Waals surface area contributed by atoms with Crippen LogP contribution in [0.2, 0.25) is 0 Å². The van der Waals surface area contributed by atoms with Crippen molar-refractivity contribution in [3.8, 4) is 5.75 Å². The lowest BCUT2D eigenvalue weighted by molar-refractivity contribution is 0.0774. The Labute approximate surface area is 125 Å². The molecule has 100 valence electrons. The van der Waals surface area contributed by atoms with Crippen molar-refractivity contribution in [3.05, 3.63) is 28.2 Å². The Balaban J connectivity index is 2.99. The predicted octanol–water partition coefficient (Wildman–Crippen LogP) is 3.38. The molecule has 1 aromatic carbocycles. The van der Waals surface area contributed by atoms with Crippen LogP contribution in [0.15, 0.2) is 22.7 Å². The average molecular weight is 355 g/mol. The second-order valence-electron chi connectivity index (χ2n) is 3.52. The molecule has 6 heteroatoms. The molecule has 0 aliphatic carbocycles. The van der Waals surface area contributed by atoms with E-state index in [2.05, 4.69) is 15.9 Å². The highest BCUT2D eigenvalue weighted by Gasteiger charge is 2.18. The van der Waals surface area contributed by atoms with Crippen molar-refractivity contribution in [2.45, 2.75) is 0 Å². The summed E-state index contributed by atoms with van der Waals surface area (Å²) < 4.78 is 5.84. The Morgan fingerprint density at radius 1 is 1.33 bits per heavy atom. The molecule has 0 saturated heterocycles. The van der Waals surface area contributed by atoms with E-state index in [1.807, 2.05) is 0 Å². The van der Waals surface area contributed by atoms with Crippen molar-refractivity contribution in [2.24, 2.45) is 0 Å². The molecule has 1 aromatic rings. The maximum absolute atomic E-state index is 12.3. The molecule has 1 amide bonds. The first kappa shape index (κ1) is 15.6. The Bertz CT molecular complexity index is 409. The first-order valence-electron chi connectivity index (χ1n) is 5.38. The number of hydrogen-bond acceptors (Lipinski definition) is 2. The van der Waals surface area contributed by atoms with Gasteiger partial charge in [-0.2, -0.15) is 0 Å². The van der Waals surface area contributed by atoms with Gasteiger partial charge >= 0.3 is 0 Å². The summed E-state index contributed by atoms with van der Waals surface area (Å²) in [5.41, 5.74) is 0.546. The lowest BCUT2D eigenvalue weighted by atomic mass is 10.2. The summed E-state index contributed by atoms with van der Waals surface area (Å²) >= 11 is 14.7. The molecule has 0 bridgehead atoms. The molecule has 0 spiro atoms. The standard InChI is InChI=1S/C12H14BrCl2NO2/c1-18-9-2-3-11(13)10(8-9)12(17)16(6-4-14)7-5-15/h2-3,8H,4-7H2,1H3. The van der Waals surface area contributed by atoms with E-state index in [1.54, 1.807) is 30.2 Å². The van der Waals surface area contributed by atoms with Crippen LogP contribution in [-0.2, 0) is 0 Å². The van der Waals surface area contributed by atoms with Crippen LogP contribution >= 0.6 is 39.1 Å². The van der Waals surface area contributed by atoms with Gasteiger partial charge in [0.15, 0.2) is 0 Å². The van der Waals surface area contributed by atoms with Crippen molar-refractivity contribution in [3.63, 3.8) is 0 Å². The first-order chi connectivity index (χ1) is 8.63. The quantitative estimate of drug-likeness (QED) is 0.733. The monoisotopic (exact) mass is 353 g/mol. The van der Waals surface area contributed by atoms with Gasteiger partial charge in [0, 0.05) is 29.3 Å². The van der Waals surface area contributed by atoms with Crippen LogP contribution in [0.1, 0.15) is 10.4 Å². The molecule has 0 aliphatic heterocycles. The number of nitrogens with zero attached hydrogens (tertiary/aromatic N) is 1. The SMILES string of the molecule is COc1ccc(Br)c(C(=O)N(CCCl)CCCl)c1. The zero-order chi connectivity index (χ0) is 13.5. The number of halogens is 3. The molecular formula is C12H14BrCl2NO2. The fourth-order valence-corrected chi connectivity index (χ4v) is 2.31. The molecule has 0 aromatic heterocycles. The molecule has 18 heavy (non-hydrogen) atoms. The molecule has 0 heterocycles. The molecule has 0 atom stereocenters. The summed E-state index contributed by atoms with van der Waals surface area (Å²) in [7, 11) is 1.56. The smallest absolute Gasteiger partial charge is 0.255 e. The van der Waals surface area contributed by atoms with Crippen molar-refractivity contribution in [2.75, 3.05) is 32.0 Å². The Morgan fingerprint density at radius 3 is 2.44 bits per heavy atom. The zero-order valence-corrected chi connectivity index (χ0v) is 13.1. The molecule has 0 unspecified atom stereocenters. The summed E-state index contributed by atoms with van der Waals surface area (Å²) in [6, 6.07) is 5.27. The van der Waals surface area contributed by atoms with Gasteiger partial charge in [-0.25, -0.2) is 0 Å². The van der Waals surface area contributed by atoms with Gasteiger partial charge < -0.3 is 9.64 Å². The number of ether oxygens (including phenoxy) is 1. The zero-order valence-electron chi connectivity index (χ0n) is 9.96.